The lowest BCUT2D eigenvalue weighted by Crippen LogP contribution is -2.41. The van der Waals surface area contributed by atoms with Crippen LogP contribution in [-0.2, 0) is 0 Å². The quantitative estimate of drug-likeness (QED) is 0.907. The summed E-state index contributed by atoms with van der Waals surface area (Å²) in [6.07, 6.45) is 1.47. The van der Waals surface area contributed by atoms with Gasteiger partial charge in [-0.15, -0.1) is 0 Å². The molecule has 2 rings (SSSR count). The van der Waals surface area contributed by atoms with Crippen LogP contribution in [0.3, 0.4) is 0 Å². The monoisotopic (exact) mass is 325 g/mol. The van der Waals surface area contributed by atoms with Crippen LogP contribution in [0.2, 0.25) is 0 Å². The van der Waals surface area contributed by atoms with Crippen LogP contribution in [0, 0.1) is 13.8 Å². The second kappa shape index (κ2) is 6.83. The highest BCUT2D eigenvalue weighted by Crippen LogP contribution is 2.17. The normalized spacial score (nSPS) is 11.0. The number of amides is 2. The van der Waals surface area contributed by atoms with Gasteiger partial charge in [0, 0.05) is 23.0 Å². The average Bonchev–Trinajstić information content (AvgIpc) is 2.49. The first kappa shape index (κ1) is 17.7. The van der Waals surface area contributed by atoms with Crippen LogP contribution in [-0.4, -0.2) is 22.3 Å². The minimum absolute atomic E-state index is 0.221. The topological polar surface area (TPSA) is 71.1 Å². The number of nitrogens with one attached hydrogen (secondary N) is 2. The van der Waals surface area contributed by atoms with Gasteiger partial charge in [0.2, 0.25) is 0 Å². The summed E-state index contributed by atoms with van der Waals surface area (Å²) in [4.78, 5) is 28.7. The molecule has 2 N–H and O–H groups in total. The molecule has 0 saturated carbocycles. The maximum absolute atomic E-state index is 12.5. The van der Waals surface area contributed by atoms with Gasteiger partial charge < -0.3 is 10.6 Å². The summed E-state index contributed by atoms with van der Waals surface area (Å²) >= 11 is 0. The van der Waals surface area contributed by atoms with Crippen LogP contribution in [0.15, 0.2) is 36.5 Å². The van der Waals surface area contributed by atoms with Crippen LogP contribution in [0.4, 0.5) is 5.69 Å². The van der Waals surface area contributed by atoms with E-state index in [4.69, 9.17) is 0 Å². The van der Waals surface area contributed by atoms with E-state index >= 15 is 0 Å². The van der Waals surface area contributed by atoms with E-state index < -0.39 is 0 Å². The van der Waals surface area contributed by atoms with Gasteiger partial charge in [-0.25, -0.2) is 0 Å². The number of anilines is 1. The van der Waals surface area contributed by atoms with Gasteiger partial charge in [-0.05, 0) is 63.9 Å². The summed E-state index contributed by atoms with van der Waals surface area (Å²) in [7, 11) is 0. The lowest BCUT2D eigenvalue weighted by molar-refractivity contribution is 0.0914. The Balaban J connectivity index is 2.20. The Bertz CT molecular complexity index is 776. The molecule has 5 nitrogen and oxygen atoms in total. The first-order valence-corrected chi connectivity index (χ1v) is 7.83. The van der Waals surface area contributed by atoms with Crippen molar-refractivity contribution in [3.63, 3.8) is 0 Å². The number of nitrogens with zero attached hydrogens (tertiary/aromatic N) is 1. The van der Waals surface area contributed by atoms with Crippen LogP contribution in [0.1, 0.15) is 52.7 Å². The van der Waals surface area contributed by atoms with Crippen molar-refractivity contribution >= 4 is 17.5 Å². The lowest BCUT2D eigenvalue weighted by Gasteiger charge is -2.20. The second-order valence-electron chi connectivity index (χ2n) is 6.91. The van der Waals surface area contributed by atoms with E-state index in [-0.39, 0.29) is 23.0 Å². The molecule has 0 aliphatic heterocycles. The van der Waals surface area contributed by atoms with E-state index in [9.17, 15) is 9.59 Å². The molecule has 0 atom stereocenters. The fourth-order valence-corrected chi connectivity index (χ4v) is 2.17. The van der Waals surface area contributed by atoms with Crippen molar-refractivity contribution in [2.75, 3.05) is 5.32 Å². The van der Waals surface area contributed by atoms with Crippen LogP contribution in [0.25, 0.3) is 0 Å². The smallest absolute Gasteiger partial charge is 0.270 e. The van der Waals surface area contributed by atoms with Crippen LogP contribution >= 0.6 is 0 Å². The zero-order valence-electron chi connectivity index (χ0n) is 14.7. The molecule has 24 heavy (non-hydrogen) atoms. The largest absolute Gasteiger partial charge is 0.346 e. The predicted octanol–water partition coefficient (Wildman–Crippen LogP) is 3.48. The van der Waals surface area contributed by atoms with E-state index in [1.54, 1.807) is 6.07 Å². The standard InChI is InChI=1S/C19H23N3O2/c1-12-6-7-13(2)15(10-12)21-17(23)14-8-9-20-16(11-14)18(24)22-19(3,4)5/h6-11H,1-5H3,(H,21,23)(H,22,24). The Hall–Kier alpha value is -2.69. The van der Waals surface area contributed by atoms with Gasteiger partial charge in [0.25, 0.3) is 11.8 Å². The van der Waals surface area contributed by atoms with Gasteiger partial charge in [-0.2, -0.15) is 0 Å². The molecule has 0 bridgehead atoms. The van der Waals surface area contributed by atoms with Crippen LogP contribution < -0.4 is 10.6 Å². The molecule has 0 radical (unpaired) electrons. The lowest BCUT2D eigenvalue weighted by atomic mass is 10.1. The van der Waals surface area contributed by atoms with Gasteiger partial charge in [0.15, 0.2) is 0 Å². The van der Waals surface area contributed by atoms with E-state index in [1.807, 2.05) is 52.8 Å². The zero-order valence-corrected chi connectivity index (χ0v) is 14.7. The Morgan fingerprint density at radius 3 is 2.38 bits per heavy atom. The summed E-state index contributed by atoms with van der Waals surface area (Å²) in [5.74, 6) is -0.570. The zero-order chi connectivity index (χ0) is 17.9. The number of carbonyl (C=O) groups excluding carboxylic acids is 2. The van der Waals surface area contributed by atoms with Crippen molar-refractivity contribution in [2.45, 2.75) is 40.2 Å². The number of hydrogen-bond acceptors (Lipinski definition) is 3. The molecule has 1 heterocycles. The Morgan fingerprint density at radius 1 is 1.00 bits per heavy atom. The molecule has 1 aromatic heterocycles. The highest BCUT2D eigenvalue weighted by atomic mass is 16.2. The Kier molecular flexibility index (Phi) is 5.02. The fraction of sp³-hybridized carbons (Fsp3) is 0.316. The van der Waals surface area contributed by atoms with E-state index in [1.165, 1.54) is 12.3 Å². The Labute approximate surface area is 142 Å². The highest BCUT2D eigenvalue weighted by Gasteiger charge is 2.18. The summed E-state index contributed by atoms with van der Waals surface area (Å²) in [6.45, 7) is 9.58. The molecular formula is C19H23N3O2. The summed E-state index contributed by atoms with van der Waals surface area (Å²) in [6, 6.07) is 8.96. The van der Waals surface area contributed by atoms with Crippen molar-refractivity contribution in [1.29, 1.82) is 0 Å². The van der Waals surface area contributed by atoms with Crippen molar-refractivity contribution in [1.82, 2.24) is 10.3 Å². The molecule has 0 aliphatic rings. The third kappa shape index (κ3) is 4.65. The van der Waals surface area contributed by atoms with Gasteiger partial charge >= 0.3 is 0 Å². The van der Waals surface area contributed by atoms with Gasteiger partial charge in [0.1, 0.15) is 5.69 Å². The third-order valence-electron chi connectivity index (χ3n) is 3.38. The number of hydrogen-bond donors (Lipinski definition) is 2. The van der Waals surface area contributed by atoms with Crippen molar-refractivity contribution in [3.05, 3.63) is 58.9 Å². The maximum atomic E-state index is 12.5. The maximum Gasteiger partial charge on any atom is 0.270 e. The van der Waals surface area contributed by atoms with Crippen molar-refractivity contribution in [2.24, 2.45) is 0 Å². The van der Waals surface area contributed by atoms with Gasteiger partial charge in [-0.3, -0.25) is 14.6 Å². The molecule has 0 fully saturated rings. The molecule has 5 heteroatoms. The van der Waals surface area contributed by atoms with Crippen molar-refractivity contribution in [3.8, 4) is 0 Å². The van der Waals surface area contributed by atoms with E-state index in [0.717, 1.165) is 16.8 Å². The molecule has 0 aliphatic carbocycles. The SMILES string of the molecule is Cc1ccc(C)c(NC(=O)c2ccnc(C(=O)NC(C)(C)C)c2)c1. The predicted molar refractivity (Wildman–Crippen MR) is 95.3 cm³/mol. The fourth-order valence-electron chi connectivity index (χ4n) is 2.17. The number of aromatic nitrogens is 1. The van der Waals surface area contributed by atoms with Gasteiger partial charge in [0.05, 0.1) is 0 Å². The van der Waals surface area contributed by atoms with Crippen LogP contribution in [0.5, 0.6) is 0 Å². The number of carbonyl (C=O) groups is 2. The molecule has 0 unspecified atom stereocenters. The summed E-state index contributed by atoms with van der Waals surface area (Å²) < 4.78 is 0. The van der Waals surface area contributed by atoms with Gasteiger partial charge in [-0.1, -0.05) is 12.1 Å². The average molecular weight is 325 g/mol. The highest BCUT2D eigenvalue weighted by molar-refractivity contribution is 6.06. The molecule has 2 aromatic rings. The van der Waals surface area contributed by atoms with Crippen molar-refractivity contribution < 1.29 is 9.59 Å². The molecular weight excluding hydrogens is 302 g/mol. The second-order valence-corrected chi connectivity index (χ2v) is 6.91. The molecule has 0 spiro atoms. The Morgan fingerprint density at radius 2 is 1.71 bits per heavy atom. The molecule has 0 saturated heterocycles. The number of pyridine rings is 1. The minimum atomic E-state index is -0.365. The molecule has 1 aromatic carbocycles. The molecule has 2 amide bonds. The molecule has 126 valence electrons. The summed E-state index contributed by atoms with van der Waals surface area (Å²) in [5, 5.41) is 5.72. The first-order chi connectivity index (χ1) is 11.2. The third-order valence-corrected chi connectivity index (χ3v) is 3.38. The van der Waals surface area contributed by atoms with E-state index in [2.05, 4.69) is 15.6 Å². The number of rotatable bonds is 3. The summed E-state index contributed by atoms with van der Waals surface area (Å²) in [5.41, 5.74) is 3.06. The van der Waals surface area contributed by atoms with E-state index in [0.29, 0.717) is 5.56 Å². The number of aryl methyl sites for hydroxylation is 2. The number of benzene rings is 1. The first-order valence-electron chi connectivity index (χ1n) is 7.83. The minimum Gasteiger partial charge on any atom is -0.346 e.